The Balaban J connectivity index is 1.06. The summed E-state index contributed by atoms with van der Waals surface area (Å²) in [6, 6.07) is 96.4. The van der Waals surface area contributed by atoms with Crippen LogP contribution in [0.1, 0.15) is 25.0 Å². The Morgan fingerprint density at radius 3 is 1.47 bits per heavy atom. The van der Waals surface area contributed by atoms with Crippen molar-refractivity contribution < 1.29 is 0 Å². The molecule has 0 atom stereocenters. The maximum atomic E-state index is 2.55. The molecule has 0 amide bonds. The first-order valence-corrected chi connectivity index (χ1v) is 24.4. The van der Waals surface area contributed by atoms with Crippen molar-refractivity contribution in [1.82, 2.24) is 0 Å². The quantitative estimate of drug-likeness (QED) is 0.137. The summed E-state index contributed by atoms with van der Waals surface area (Å²) in [6.07, 6.45) is 0. The van der Waals surface area contributed by atoms with E-state index in [1.807, 2.05) is 0 Å². The molecule has 0 aromatic heterocycles. The highest BCUT2D eigenvalue weighted by atomic mass is 15.1. The number of rotatable bonds is 8. The van der Waals surface area contributed by atoms with Gasteiger partial charge in [-0.2, -0.15) is 0 Å². The Morgan fingerprint density at radius 2 is 0.743 bits per heavy atom. The van der Waals surface area contributed by atoms with E-state index in [1.54, 1.807) is 0 Å². The summed E-state index contributed by atoms with van der Waals surface area (Å²) < 4.78 is 0. The highest BCUT2D eigenvalue weighted by Gasteiger charge is 2.37. The van der Waals surface area contributed by atoms with Crippen LogP contribution in [0.2, 0.25) is 0 Å². The van der Waals surface area contributed by atoms with Gasteiger partial charge < -0.3 is 4.90 Å². The van der Waals surface area contributed by atoms with Crippen molar-refractivity contribution in [3.05, 3.63) is 272 Å². The van der Waals surface area contributed by atoms with E-state index in [0.717, 1.165) is 17.1 Å². The SMILES string of the molecule is CC1(C)c2cc(-c3ccccc3)ccc2-c2ccc(N(c3ccc(-c4ccccc4-c4ccccc4)cc3)c3c(-c4cccc(-c5cccc6ccccc56)c4)c4ccccc4c4ccccc34)cc21. The van der Waals surface area contributed by atoms with Crippen molar-refractivity contribution in [2.24, 2.45) is 0 Å². The molecule has 12 aromatic rings. The Hall–Kier alpha value is -8.78. The number of benzene rings is 12. The number of hydrogen-bond acceptors (Lipinski definition) is 1. The van der Waals surface area contributed by atoms with Gasteiger partial charge in [-0.15, -0.1) is 0 Å². The fourth-order valence-corrected chi connectivity index (χ4v) is 11.4. The van der Waals surface area contributed by atoms with Gasteiger partial charge in [0.15, 0.2) is 0 Å². The average molecular weight is 892 g/mol. The molecule has 0 saturated heterocycles. The Kier molecular flexibility index (Phi) is 9.92. The highest BCUT2D eigenvalue weighted by Crippen LogP contribution is 2.54. The molecule has 1 aliphatic rings. The van der Waals surface area contributed by atoms with Crippen LogP contribution in [0.15, 0.2) is 261 Å². The summed E-state index contributed by atoms with van der Waals surface area (Å²) in [6.45, 7) is 4.80. The highest BCUT2D eigenvalue weighted by molar-refractivity contribution is 6.22. The van der Waals surface area contributed by atoms with Crippen LogP contribution in [0.4, 0.5) is 17.1 Å². The standard InChI is InChI=1S/C69H49N/c1-69(2)65-44-50(46-19-5-3-6-20-46)37-41-61(65)62-42-40-54(45-66(62)69)70(53-38-35-49(36-39-53)57-29-12-11-28-55(57)47-21-7-4-8-22-47)68-64-33-16-14-31-60(64)59-30-13-15-32-63(59)67(68)52-26-17-25-51(43-52)58-34-18-24-48-23-9-10-27-56(48)58/h3-45H,1-2H3. The summed E-state index contributed by atoms with van der Waals surface area (Å²) in [5.41, 5.74) is 20.5. The van der Waals surface area contributed by atoms with Crippen molar-refractivity contribution in [2.45, 2.75) is 19.3 Å². The van der Waals surface area contributed by atoms with Crippen LogP contribution in [0.3, 0.4) is 0 Å². The second-order valence-electron chi connectivity index (χ2n) is 19.2. The smallest absolute Gasteiger partial charge is 0.0624 e. The van der Waals surface area contributed by atoms with Gasteiger partial charge in [0.25, 0.3) is 0 Å². The lowest BCUT2D eigenvalue weighted by atomic mass is 9.81. The van der Waals surface area contributed by atoms with E-state index in [-0.39, 0.29) is 5.41 Å². The molecule has 13 rings (SSSR count). The topological polar surface area (TPSA) is 3.24 Å². The lowest BCUT2D eigenvalue weighted by Crippen LogP contribution is -2.17. The molecule has 0 heterocycles. The molecular formula is C69H49N. The molecular weight excluding hydrogens is 843 g/mol. The molecule has 0 saturated carbocycles. The Bertz CT molecular complexity index is 3950. The van der Waals surface area contributed by atoms with Gasteiger partial charge >= 0.3 is 0 Å². The largest absolute Gasteiger partial charge is 0.309 e. The molecule has 0 fully saturated rings. The predicted octanol–water partition coefficient (Wildman–Crippen LogP) is 19.3. The van der Waals surface area contributed by atoms with E-state index >= 15 is 0 Å². The van der Waals surface area contributed by atoms with Crippen LogP contribution in [0, 0.1) is 0 Å². The molecule has 0 N–H and O–H groups in total. The van der Waals surface area contributed by atoms with Gasteiger partial charge in [-0.3, -0.25) is 0 Å². The zero-order valence-corrected chi connectivity index (χ0v) is 39.3. The summed E-state index contributed by atoms with van der Waals surface area (Å²) in [5, 5.41) is 7.36. The fourth-order valence-electron chi connectivity index (χ4n) is 11.4. The molecule has 0 unspecified atom stereocenters. The van der Waals surface area contributed by atoms with Crippen LogP contribution in [0.5, 0.6) is 0 Å². The van der Waals surface area contributed by atoms with Gasteiger partial charge in [0.05, 0.1) is 5.69 Å². The molecule has 1 nitrogen and oxygen atoms in total. The van der Waals surface area contributed by atoms with E-state index in [1.165, 1.54) is 110 Å². The van der Waals surface area contributed by atoms with Gasteiger partial charge in [-0.25, -0.2) is 0 Å². The lowest BCUT2D eigenvalue weighted by Gasteiger charge is -2.32. The zero-order valence-electron chi connectivity index (χ0n) is 39.3. The molecule has 1 heteroatoms. The van der Waals surface area contributed by atoms with Crippen molar-refractivity contribution >= 4 is 49.4 Å². The fraction of sp³-hybridized carbons (Fsp3) is 0.0435. The molecule has 70 heavy (non-hydrogen) atoms. The number of anilines is 3. The van der Waals surface area contributed by atoms with Crippen molar-refractivity contribution in [3.63, 3.8) is 0 Å². The number of nitrogens with zero attached hydrogens (tertiary/aromatic N) is 1. The third kappa shape index (κ3) is 6.85. The molecule has 330 valence electrons. The summed E-state index contributed by atoms with van der Waals surface area (Å²) >= 11 is 0. The molecule has 0 radical (unpaired) electrons. The molecule has 1 aliphatic carbocycles. The minimum absolute atomic E-state index is 0.247. The molecule has 0 aliphatic heterocycles. The van der Waals surface area contributed by atoms with Crippen molar-refractivity contribution in [3.8, 4) is 66.8 Å². The first kappa shape index (κ1) is 41.4. The van der Waals surface area contributed by atoms with Crippen LogP contribution in [-0.2, 0) is 5.41 Å². The molecule has 0 spiro atoms. The van der Waals surface area contributed by atoms with Crippen molar-refractivity contribution in [1.29, 1.82) is 0 Å². The zero-order chi connectivity index (χ0) is 46.8. The minimum atomic E-state index is -0.247. The van der Waals surface area contributed by atoms with Gasteiger partial charge in [0, 0.05) is 27.7 Å². The summed E-state index contributed by atoms with van der Waals surface area (Å²) in [4.78, 5) is 2.55. The lowest BCUT2D eigenvalue weighted by molar-refractivity contribution is 0.660. The van der Waals surface area contributed by atoms with Crippen LogP contribution in [-0.4, -0.2) is 0 Å². The summed E-state index contributed by atoms with van der Waals surface area (Å²) in [7, 11) is 0. The van der Waals surface area contributed by atoms with E-state index in [9.17, 15) is 0 Å². The molecule has 12 aromatic carbocycles. The Morgan fingerprint density at radius 1 is 0.271 bits per heavy atom. The van der Waals surface area contributed by atoms with Crippen LogP contribution in [0.25, 0.3) is 99.1 Å². The maximum Gasteiger partial charge on any atom is 0.0624 e. The number of hydrogen-bond donors (Lipinski definition) is 0. The molecule has 0 bridgehead atoms. The van der Waals surface area contributed by atoms with Crippen LogP contribution >= 0.6 is 0 Å². The summed E-state index contributed by atoms with van der Waals surface area (Å²) in [5.74, 6) is 0. The van der Waals surface area contributed by atoms with E-state index in [0.29, 0.717) is 0 Å². The first-order chi connectivity index (χ1) is 34.5. The number of fused-ring (bicyclic) bond motifs is 7. The minimum Gasteiger partial charge on any atom is -0.309 e. The predicted molar refractivity (Wildman–Crippen MR) is 298 cm³/mol. The van der Waals surface area contributed by atoms with Gasteiger partial charge in [0.1, 0.15) is 0 Å². The van der Waals surface area contributed by atoms with E-state index < -0.39 is 0 Å². The van der Waals surface area contributed by atoms with E-state index in [4.69, 9.17) is 0 Å². The van der Waals surface area contributed by atoms with Gasteiger partial charge in [-0.05, 0) is 136 Å². The monoisotopic (exact) mass is 891 g/mol. The second kappa shape index (κ2) is 16.8. The third-order valence-corrected chi connectivity index (χ3v) is 14.9. The van der Waals surface area contributed by atoms with Crippen LogP contribution < -0.4 is 4.90 Å². The Labute approximate surface area is 410 Å². The maximum absolute atomic E-state index is 2.55. The van der Waals surface area contributed by atoms with Crippen molar-refractivity contribution in [2.75, 3.05) is 4.90 Å². The van der Waals surface area contributed by atoms with Gasteiger partial charge in [-0.1, -0.05) is 238 Å². The average Bonchev–Trinajstić information content (AvgIpc) is 3.65. The normalized spacial score (nSPS) is 12.5. The second-order valence-corrected chi connectivity index (χ2v) is 19.2. The third-order valence-electron chi connectivity index (χ3n) is 14.9. The first-order valence-electron chi connectivity index (χ1n) is 24.4. The van der Waals surface area contributed by atoms with E-state index in [2.05, 4.69) is 280 Å². The van der Waals surface area contributed by atoms with Gasteiger partial charge in [0.2, 0.25) is 0 Å².